The van der Waals surface area contributed by atoms with E-state index in [4.69, 9.17) is 0 Å². The second-order valence-electron chi connectivity index (χ2n) is 5.75. The fourth-order valence-electron chi connectivity index (χ4n) is 2.62. The van der Waals surface area contributed by atoms with Gasteiger partial charge in [-0.1, -0.05) is 13.8 Å². The zero-order valence-electron chi connectivity index (χ0n) is 11.9. The number of aromatic nitrogens is 3. The molecule has 2 aromatic heterocycles. The Kier molecular flexibility index (Phi) is 3.39. The van der Waals surface area contributed by atoms with Gasteiger partial charge in [0.25, 0.3) is 0 Å². The first-order valence-corrected chi connectivity index (χ1v) is 7.05. The Morgan fingerprint density at radius 3 is 2.67 bits per heavy atom. The molecule has 0 aliphatic carbocycles. The molecule has 1 saturated heterocycles. The Morgan fingerprint density at radius 1 is 1.33 bits per heavy atom. The number of alkyl halides is 3. The van der Waals surface area contributed by atoms with Crippen LogP contribution >= 0.6 is 0 Å². The molecule has 1 atom stereocenters. The van der Waals surface area contributed by atoms with Crippen molar-refractivity contribution in [1.29, 1.82) is 0 Å². The zero-order chi connectivity index (χ0) is 15.2. The van der Waals surface area contributed by atoms with Crippen LogP contribution in [0.25, 0.3) is 5.65 Å². The van der Waals surface area contributed by atoms with E-state index in [0.717, 1.165) is 30.1 Å². The fourth-order valence-corrected chi connectivity index (χ4v) is 2.62. The van der Waals surface area contributed by atoms with Crippen LogP contribution in [0.3, 0.4) is 0 Å². The van der Waals surface area contributed by atoms with Crippen molar-refractivity contribution >= 4 is 5.65 Å². The van der Waals surface area contributed by atoms with Crippen LogP contribution in [0.5, 0.6) is 0 Å². The molecule has 0 spiro atoms. The molecule has 0 amide bonds. The minimum atomic E-state index is -4.44. The first kappa shape index (κ1) is 14.3. The van der Waals surface area contributed by atoms with Crippen molar-refractivity contribution in [3.05, 3.63) is 29.2 Å². The van der Waals surface area contributed by atoms with Gasteiger partial charge in [0.1, 0.15) is 5.69 Å². The Bertz CT molecular complexity index is 654. The highest BCUT2D eigenvalue weighted by Crippen LogP contribution is 2.32. The van der Waals surface area contributed by atoms with Crippen LogP contribution in [0.4, 0.5) is 13.2 Å². The fraction of sp³-hybridized carbons (Fsp3) is 0.571. The van der Waals surface area contributed by atoms with E-state index in [0.29, 0.717) is 11.4 Å². The molecular weight excluding hydrogens is 281 g/mol. The van der Waals surface area contributed by atoms with Crippen molar-refractivity contribution in [2.75, 3.05) is 13.1 Å². The third-order valence-electron chi connectivity index (χ3n) is 3.83. The summed E-state index contributed by atoms with van der Waals surface area (Å²) in [4.78, 5) is 4.32. The standard InChI is InChI=1S/C14H17F3N4/c1-8(2)10-5-12(14(15,16)17)21-13(19-10)6-11(20-21)9-3-4-18-7-9/h5-6,8-9,18H,3-4,7H2,1-2H3/t9-/m1/s1. The SMILES string of the molecule is CC(C)c1cc(C(F)(F)F)n2nc([C@@H]3CCNC3)cc2n1. The Hall–Kier alpha value is -1.63. The summed E-state index contributed by atoms with van der Waals surface area (Å²) < 4.78 is 40.7. The van der Waals surface area contributed by atoms with E-state index in [1.165, 1.54) is 0 Å². The van der Waals surface area contributed by atoms with Gasteiger partial charge in [0.05, 0.1) is 5.69 Å². The molecule has 21 heavy (non-hydrogen) atoms. The van der Waals surface area contributed by atoms with Crippen LogP contribution in [0.2, 0.25) is 0 Å². The van der Waals surface area contributed by atoms with Crippen LogP contribution in [0.15, 0.2) is 12.1 Å². The quantitative estimate of drug-likeness (QED) is 0.927. The monoisotopic (exact) mass is 298 g/mol. The molecule has 0 saturated carbocycles. The van der Waals surface area contributed by atoms with Gasteiger partial charge < -0.3 is 5.32 Å². The number of nitrogens with zero attached hydrogens (tertiary/aromatic N) is 3. The molecule has 0 unspecified atom stereocenters. The molecule has 3 heterocycles. The molecule has 3 rings (SSSR count). The zero-order valence-corrected chi connectivity index (χ0v) is 11.9. The summed E-state index contributed by atoms with van der Waals surface area (Å²) in [7, 11) is 0. The highest BCUT2D eigenvalue weighted by Gasteiger charge is 2.35. The summed E-state index contributed by atoms with van der Waals surface area (Å²) in [5, 5.41) is 7.35. The lowest BCUT2D eigenvalue weighted by atomic mass is 10.1. The molecule has 0 aromatic carbocycles. The minimum absolute atomic E-state index is 0.0670. The number of fused-ring (bicyclic) bond motifs is 1. The molecular formula is C14H17F3N4. The van der Waals surface area contributed by atoms with E-state index in [-0.39, 0.29) is 17.5 Å². The van der Waals surface area contributed by atoms with E-state index >= 15 is 0 Å². The normalized spacial score (nSPS) is 19.8. The first-order chi connectivity index (χ1) is 9.86. The van der Waals surface area contributed by atoms with Crippen molar-refractivity contribution in [2.45, 2.75) is 38.3 Å². The summed E-state index contributed by atoms with van der Waals surface area (Å²) in [6.45, 7) is 5.28. The molecule has 0 bridgehead atoms. The Morgan fingerprint density at radius 2 is 2.10 bits per heavy atom. The summed E-state index contributed by atoms with van der Waals surface area (Å²) in [6.07, 6.45) is -3.55. The maximum Gasteiger partial charge on any atom is 0.433 e. The van der Waals surface area contributed by atoms with E-state index in [9.17, 15) is 13.2 Å². The molecule has 4 nitrogen and oxygen atoms in total. The third kappa shape index (κ3) is 2.62. The largest absolute Gasteiger partial charge is 0.433 e. The van der Waals surface area contributed by atoms with E-state index in [1.807, 2.05) is 13.8 Å². The molecule has 7 heteroatoms. The van der Waals surface area contributed by atoms with Gasteiger partial charge >= 0.3 is 6.18 Å². The molecule has 1 aliphatic rings. The topological polar surface area (TPSA) is 42.2 Å². The maximum atomic E-state index is 13.2. The Labute approximate surface area is 120 Å². The van der Waals surface area contributed by atoms with Crippen molar-refractivity contribution in [1.82, 2.24) is 19.9 Å². The molecule has 1 aliphatic heterocycles. The second-order valence-corrected chi connectivity index (χ2v) is 5.75. The molecule has 1 N–H and O–H groups in total. The van der Waals surface area contributed by atoms with Gasteiger partial charge in [-0.25, -0.2) is 9.50 Å². The molecule has 2 aromatic rings. The van der Waals surface area contributed by atoms with Crippen LogP contribution in [0.1, 0.15) is 49.2 Å². The van der Waals surface area contributed by atoms with Crippen LogP contribution in [0, 0.1) is 0 Å². The number of rotatable bonds is 2. The molecule has 1 fully saturated rings. The number of nitrogens with one attached hydrogen (secondary N) is 1. The smallest absolute Gasteiger partial charge is 0.316 e. The van der Waals surface area contributed by atoms with Crippen LogP contribution < -0.4 is 5.32 Å². The lowest BCUT2D eigenvalue weighted by Crippen LogP contribution is -2.15. The van der Waals surface area contributed by atoms with Gasteiger partial charge in [-0.3, -0.25) is 0 Å². The van der Waals surface area contributed by atoms with E-state index < -0.39 is 11.9 Å². The van der Waals surface area contributed by atoms with Gasteiger partial charge in [0.15, 0.2) is 5.65 Å². The van der Waals surface area contributed by atoms with Crippen LogP contribution in [-0.2, 0) is 6.18 Å². The van der Waals surface area contributed by atoms with Gasteiger partial charge in [0.2, 0.25) is 0 Å². The van der Waals surface area contributed by atoms with Crippen molar-refractivity contribution in [3.63, 3.8) is 0 Å². The van der Waals surface area contributed by atoms with Crippen LogP contribution in [-0.4, -0.2) is 27.7 Å². The summed E-state index contributed by atoms with van der Waals surface area (Å²) in [5.41, 5.74) is 0.633. The Balaban J connectivity index is 2.17. The lowest BCUT2D eigenvalue weighted by molar-refractivity contribution is -0.142. The van der Waals surface area contributed by atoms with Crippen molar-refractivity contribution < 1.29 is 13.2 Å². The summed E-state index contributed by atoms with van der Waals surface area (Å²) in [6, 6.07) is 2.78. The van der Waals surface area contributed by atoms with Gasteiger partial charge in [0, 0.05) is 24.2 Å². The number of hydrogen-bond acceptors (Lipinski definition) is 3. The van der Waals surface area contributed by atoms with Crippen molar-refractivity contribution in [3.8, 4) is 0 Å². The van der Waals surface area contributed by atoms with E-state index in [1.54, 1.807) is 6.07 Å². The first-order valence-electron chi connectivity index (χ1n) is 7.05. The predicted molar refractivity (Wildman–Crippen MR) is 72.3 cm³/mol. The van der Waals surface area contributed by atoms with Gasteiger partial charge in [-0.15, -0.1) is 0 Å². The maximum absolute atomic E-state index is 13.2. The average molecular weight is 298 g/mol. The minimum Gasteiger partial charge on any atom is -0.316 e. The second kappa shape index (κ2) is 4.98. The summed E-state index contributed by atoms with van der Waals surface area (Å²) in [5.74, 6) is 0.0953. The van der Waals surface area contributed by atoms with Gasteiger partial charge in [-0.05, 0) is 24.9 Å². The number of hydrogen-bond donors (Lipinski definition) is 1. The third-order valence-corrected chi connectivity index (χ3v) is 3.83. The lowest BCUT2D eigenvalue weighted by Gasteiger charge is -2.12. The van der Waals surface area contributed by atoms with Gasteiger partial charge in [-0.2, -0.15) is 18.3 Å². The highest BCUT2D eigenvalue weighted by atomic mass is 19.4. The average Bonchev–Trinajstić information content (AvgIpc) is 3.04. The predicted octanol–water partition coefficient (Wildman–Crippen LogP) is 2.95. The molecule has 114 valence electrons. The molecule has 0 radical (unpaired) electrons. The number of halogens is 3. The highest BCUT2D eigenvalue weighted by molar-refractivity contribution is 5.44. The summed E-state index contributed by atoms with van der Waals surface area (Å²) >= 11 is 0. The van der Waals surface area contributed by atoms with E-state index in [2.05, 4.69) is 15.4 Å². The van der Waals surface area contributed by atoms with Crippen molar-refractivity contribution in [2.24, 2.45) is 0 Å².